The van der Waals surface area contributed by atoms with E-state index in [4.69, 9.17) is 16.3 Å². The molecule has 0 saturated heterocycles. The van der Waals surface area contributed by atoms with Gasteiger partial charge in [0, 0.05) is 23.5 Å². The Morgan fingerprint density at radius 1 is 1.50 bits per heavy atom. The number of hydrogen-bond donors (Lipinski definition) is 1. The summed E-state index contributed by atoms with van der Waals surface area (Å²) in [5, 5.41) is 3.99. The van der Waals surface area contributed by atoms with Gasteiger partial charge >= 0.3 is 0 Å². The van der Waals surface area contributed by atoms with E-state index in [0.717, 1.165) is 21.8 Å². The van der Waals surface area contributed by atoms with Crippen LogP contribution < -0.4 is 5.32 Å². The van der Waals surface area contributed by atoms with Gasteiger partial charge in [0.1, 0.15) is 0 Å². The highest BCUT2D eigenvalue weighted by Crippen LogP contribution is 2.28. The normalized spacial score (nSPS) is 12.4. The first-order chi connectivity index (χ1) is 9.51. The summed E-state index contributed by atoms with van der Waals surface area (Å²) in [6, 6.07) is 5.90. The number of hydrogen-bond acceptors (Lipinski definition) is 3. The molecule has 1 aromatic carbocycles. The molecule has 0 saturated carbocycles. The standard InChI is InChI=1S/C14H17BrClN3O/c1-9-7-19(10(2)8-20-3)14(17-9)18-11-4-5-13(16)12(15)6-11/h4-7,10H,8H2,1-3H3,(H,17,18). The van der Waals surface area contributed by atoms with Gasteiger partial charge in [0.2, 0.25) is 5.95 Å². The lowest BCUT2D eigenvalue weighted by Gasteiger charge is -2.16. The van der Waals surface area contributed by atoms with E-state index < -0.39 is 0 Å². The number of nitrogens with one attached hydrogen (secondary N) is 1. The van der Waals surface area contributed by atoms with Crippen LogP contribution >= 0.6 is 27.5 Å². The van der Waals surface area contributed by atoms with E-state index in [9.17, 15) is 0 Å². The van der Waals surface area contributed by atoms with E-state index in [0.29, 0.717) is 11.6 Å². The Morgan fingerprint density at radius 3 is 2.90 bits per heavy atom. The number of imidazole rings is 1. The van der Waals surface area contributed by atoms with E-state index in [1.165, 1.54) is 0 Å². The molecular formula is C14H17BrClN3O. The van der Waals surface area contributed by atoms with Gasteiger partial charge in [-0.1, -0.05) is 11.6 Å². The van der Waals surface area contributed by atoms with E-state index >= 15 is 0 Å². The highest BCUT2D eigenvalue weighted by atomic mass is 79.9. The number of anilines is 2. The highest BCUT2D eigenvalue weighted by molar-refractivity contribution is 9.10. The molecule has 0 aliphatic heterocycles. The van der Waals surface area contributed by atoms with E-state index in [1.54, 1.807) is 7.11 Å². The second kappa shape index (κ2) is 6.61. The van der Waals surface area contributed by atoms with Crippen LogP contribution in [-0.2, 0) is 4.74 Å². The summed E-state index contributed by atoms with van der Waals surface area (Å²) in [5.74, 6) is 0.793. The van der Waals surface area contributed by atoms with Gasteiger partial charge in [-0.3, -0.25) is 0 Å². The maximum absolute atomic E-state index is 6.00. The van der Waals surface area contributed by atoms with Crippen LogP contribution in [-0.4, -0.2) is 23.3 Å². The molecular weight excluding hydrogens is 342 g/mol. The average molecular weight is 359 g/mol. The van der Waals surface area contributed by atoms with Crippen molar-refractivity contribution >= 4 is 39.2 Å². The van der Waals surface area contributed by atoms with Gasteiger partial charge in [0.15, 0.2) is 0 Å². The molecule has 1 unspecified atom stereocenters. The van der Waals surface area contributed by atoms with Gasteiger partial charge in [-0.15, -0.1) is 0 Å². The Morgan fingerprint density at radius 2 is 2.25 bits per heavy atom. The first kappa shape index (κ1) is 15.4. The molecule has 1 N–H and O–H groups in total. The highest BCUT2D eigenvalue weighted by Gasteiger charge is 2.12. The Kier molecular flexibility index (Phi) is 5.07. The van der Waals surface area contributed by atoms with Crippen LogP contribution in [0.25, 0.3) is 0 Å². The molecule has 6 heteroatoms. The predicted molar refractivity (Wildman–Crippen MR) is 86.0 cm³/mol. The van der Waals surface area contributed by atoms with Crippen molar-refractivity contribution in [1.82, 2.24) is 9.55 Å². The fraction of sp³-hybridized carbons (Fsp3) is 0.357. The predicted octanol–water partition coefficient (Wildman–Crippen LogP) is 4.56. The topological polar surface area (TPSA) is 39.1 Å². The first-order valence-corrected chi connectivity index (χ1v) is 7.45. The van der Waals surface area contributed by atoms with Crippen molar-refractivity contribution in [1.29, 1.82) is 0 Å². The molecule has 2 aromatic rings. The quantitative estimate of drug-likeness (QED) is 0.851. The lowest BCUT2D eigenvalue weighted by Crippen LogP contribution is -2.12. The Balaban J connectivity index is 2.26. The van der Waals surface area contributed by atoms with Crippen LogP contribution in [0.15, 0.2) is 28.9 Å². The van der Waals surface area contributed by atoms with Crippen LogP contribution in [0, 0.1) is 6.92 Å². The summed E-state index contributed by atoms with van der Waals surface area (Å²) >= 11 is 9.42. The van der Waals surface area contributed by atoms with Crippen LogP contribution in [0.3, 0.4) is 0 Å². The molecule has 20 heavy (non-hydrogen) atoms. The largest absolute Gasteiger partial charge is 0.383 e. The minimum absolute atomic E-state index is 0.208. The smallest absolute Gasteiger partial charge is 0.207 e. The number of methoxy groups -OCH3 is 1. The maximum atomic E-state index is 6.00. The van der Waals surface area contributed by atoms with Crippen molar-refractivity contribution in [2.75, 3.05) is 19.0 Å². The summed E-state index contributed by atoms with van der Waals surface area (Å²) in [6.07, 6.45) is 2.01. The second-order valence-corrected chi connectivity index (χ2v) is 5.93. The molecule has 4 nitrogen and oxygen atoms in total. The summed E-state index contributed by atoms with van der Waals surface area (Å²) in [6.45, 7) is 4.70. The molecule has 1 atom stereocenters. The molecule has 0 fully saturated rings. The number of halogens is 2. The lowest BCUT2D eigenvalue weighted by atomic mass is 10.3. The molecule has 108 valence electrons. The molecule has 0 spiro atoms. The number of nitrogens with zero attached hydrogens (tertiary/aromatic N) is 2. The van der Waals surface area contributed by atoms with Gasteiger partial charge in [-0.25, -0.2) is 4.98 Å². The molecule has 0 aliphatic rings. The van der Waals surface area contributed by atoms with Gasteiger partial charge in [0.05, 0.1) is 23.4 Å². The van der Waals surface area contributed by atoms with Gasteiger partial charge in [-0.2, -0.15) is 0 Å². The summed E-state index contributed by atoms with van der Waals surface area (Å²) in [5.41, 5.74) is 1.89. The maximum Gasteiger partial charge on any atom is 0.207 e. The number of rotatable bonds is 5. The van der Waals surface area contributed by atoms with Crippen molar-refractivity contribution in [3.63, 3.8) is 0 Å². The van der Waals surface area contributed by atoms with E-state index in [1.807, 2.05) is 31.3 Å². The average Bonchev–Trinajstić information content (AvgIpc) is 2.75. The lowest BCUT2D eigenvalue weighted by molar-refractivity contribution is 0.163. The number of benzene rings is 1. The molecule has 0 radical (unpaired) electrons. The van der Waals surface area contributed by atoms with Crippen molar-refractivity contribution in [3.05, 3.63) is 39.6 Å². The van der Waals surface area contributed by atoms with Gasteiger partial charge in [0.25, 0.3) is 0 Å². The molecule has 2 rings (SSSR count). The number of aromatic nitrogens is 2. The van der Waals surface area contributed by atoms with Crippen molar-refractivity contribution < 1.29 is 4.74 Å². The van der Waals surface area contributed by atoms with Crippen LogP contribution in [0.1, 0.15) is 18.7 Å². The minimum atomic E-state index is 0.208. The SMILES string of the molecule is COCC(C)n1cc(C)nc1Nc1ccc(Cl)c(Br)c1. The molecule has 1 heterocycles. The van der Waals surface area contributed by atoms with Crippen LogP contribution in [0.5, 0.6) is 0 Å². The Bertz CT molecular complexity index is 600. The van der Waals surface area contributed by atoms with Crippen molar-refractivity contribution in [2.24, 2.45) is 0 Å². The summed E-state index contributed by atoms with van der Waals surface area (Å²) in [4.78, 5) is 4.51. The monoisotopic (exact) mass is 357 g/mol. The molecule has 0 bridgehead atoms. The van der Waals surface area contributed by atoms with Gasteiger partial charge in [-0.05, 0) is 48.0 Å². The fourth-order valence-electron chi connectivity index (χ4n) is 1.97. The van der Waals surface area contributed by atoms with Crippen molar-refractivity contribution in [2.45, 2.75) is 19.9 Å². The van der Waals surface area contributed by atoms with Crippen LogP contribution in [0.2, 0.25) is 5.02 Å². The van der Waals surface area contributed by atoms with Crippen LogP contribution in [0.4, 0.5) is 11.6 Å². The third-order valence-corrected chi connectivity index (χ3v) is 4.13. The zero-order valence-corrected chi connectivity index (χ0v) is 14.0. The zero-order valence-electron chi connectivity index (χ0n) is 11.7. The third kappa shape index (κ3) is 3.53. The Hall–Kier alpha value is -1.04. The second-order valence-electron chi connectivity index (χ2n) is 4.67. The number of aryl methyl sites for hydroxylation is 1. The molecule has 1 aromatic heterocycles. The third-order valence-electron chi connectivity index (χ3n) is 2.91. The first-order valence-electron chi connectivity index (χ1n) is 6.27. The van der Waals surface area contributed by atoms with Crippen molar-refractivity contribution in [3.8, 4) is 0 Å². The van der Waals surface area contributed by atoms with Gasteiger partial charge < -0.3 is 14.6 Å². The fourth-order valence-corrected chi connectivity index (χ4v) is 2.47. The molecule has 0 aliphatic carbocycles. The van der Waals surface area contributed by atoms with E-state index in [-0.39, 0.29) is 6.04 Å². The number of ether oxygens (including phenoxy) is 1. The summed E-state index contributed by atoms with van der Waals surface area (Å²) < 4.78 is 8.13. The zero-order chi connectivity index (χ0) is 14.7. The summed E-state index contributed by atoms with van der Waals surface area (Å²) in [7, 11) is 1.70. The Labute approximate surface area is 132 Å². The van der Waals surface area contributed by atoms with E-state index in [2.05, 4.69) is 37.7 Å². The minimum Gasteiger partial charge on any atom is -0.383 e. The molecule has 0 amide bonds.